The van der Waals surface area contributed by atoms with Gasteiger partial charge in [0.05, 0.1) is 42.5 Å². The Balaban J connectivity index is 0.000000179. The van der Waals surface area contributed by atoms with Crippen molar-refractivity contribution in [2.75, 3.05) is 83.5 Å². The molecule has 0 spiro atoms. The lowest BCUT2D eigenvalue weighted by Crippen LogP contribution is -2.48. The van der Waals surface area contributed by atoms with Crippen molar-refractivity contribution >= 4 is 64.6 Å². The third kappa shape index (κ3) is 9.84. The van der Waals surface area contributed by atoms with Gasteiger partial charge in [0.1, 0.15) is 17.2 Å². The molecular weight excluding hydrogens is 852 g/mol. The van der Waals surface area contributed by atoms with Crippen LogP contribution >= 0.6 is 34.3 Å². The summed E-state index contributed by atoms with van der Waals surface area (Å²) in [5.74, 6) is 2.08. The van der Waals surface area contributed by atoms with E-state index in [9.17, 15) is 16.8 Å². The third-order valence-electron chi connectivity index (χ3n) is 9.92. The summed E-state index contributed by atoms with van der Waals surface area (Å²) in [4.78, 5) is 14.3. The van der Waals surface area contributed by atoms with E-state index in [4.69, 9.17) is 35.8 Å². The fourth-order valence-electron chi connectivity index (χ4n) is 6.50. The number of halogens is 1. The average molecular weight is 896 g/mol. The molecule has 4 heterocycles. The van der Waals surface area contributed by atoms with Gasteiger partial charge in [-0.1, -0.05) is 23.7 Å². The van der Waals surface area contributed by atoms with Gasteiger partial charge in [-0.25, -0.2) is 26.8 Å². The summed E-state index contributed by atoms with van der Waals surface area (Å²) in [6.45, 7) is 4.09. The summed E-state index contributed by atoms with van der Waals surface area (Å²) in [5, 5.41) is 6.54. The van der Waals surface area contributed by atoms with Crippen molar-refractivity contribution in [2.45, 2.75) is 9.79 Å². The third-order valence-corrected chi connectivity index (χ3v) is 15.8. The number of benzene rings is 4. The molecule has 4 aromatic carbocycles. The van der Waals surface area contributed by atoms with Crippen molar-refractivity contribution in [1.82, 2.24) is 18.6 Å². The number of thiazole rings is 2. The number of hydrogen-bond acceptors (Lipinski definition) is 13. The number of piperazine rings is 2. The Kier molecular flexibility index (Phi) is 13.4. The Bertz CT molecular complexity index is 2520. The Labute approximate surface area is 358 Å². The zero-order valence-corrected chi connectivity index (χ0v) is 36.6. The molecule has 6 aromatic rings. The van der Waals surface area contributed by atoms with E-state index in [-0.39, 0.29) is 9.79 Å². The van der Waals surface area contributed by atoms with Crippen molar-refractivity contribution in [3.63, 3.8) is 0 Å². The van der Waals surface area contributed by atoms with E-state index >= 15 is 0 Å². The zero-order valence-electron chi connectivity index (χ0n) is 32.6. The number of rotatable bonds is 11. The summed E-state index contributed by atoms with van der Waals surface area (Å²) in [7, 11) is -2.27. The lowest BCUT2D eigenvalue weighted by atomic mass is 10.2. The minimum atomic E-state index is -3.51. The Morgan fingerprint density at radius 1 is 0.492 bits per heavy atom. The summed E-state index contributed by atoms with van der Waals surface area (Å²) in [6, 6.07) is 28.4. The highest BCUT2D eigenvalue weighted by molar-refractivity contribution is 7.89. The molecule has 0 atom stereocenters. The zero-order chi connectivity index (χ0) is 41.6. The van der Waals surface area contributed by atoms with Crippen molar-refractivity contribution in [3.05, 3.63) is 113 Å². The van der Waals surface area contributed by atoms with Crippen molar-refractivity contribution in [2.24, 2.45) is 0 Å². The van der Waals surface area contributed by atoms with Crippen molar-refractivity contribution < 1.29 is 31.0 Å². The molecule has 0 amide bonds. The van der Waals surface area contributed by atoms with Gasteiger partial charge in [0.2, 0.25) is 20.0 Å². The van der Waals surface area contributed by atoms with Crippen molar-refractivity contribution in [1.29, 1.82) is 0 Å². The van der Waals surface area contributed by atoms with Crippen LogP contribution in [0.5, 0.6) is 17.2 Å². The Morgan fingerprint density at radius 2 is 0.814 bits per heavy atom. The number of ether oxygens (including phenoxy) is 3. The second-order valence-corrected chi connectivity index (χ2v) is 19.4. The van der Waals surface area contributed by atoms with Crippen molar-refractivity contribution in [3.8, 4) is 39.8 Å². The molecule has 0 aliphatic carbocycles. The first-order valence-corrected chi connectivity index (χ1v) is 23.6. The minimum Gasteiger partial charge on any atom is -0.497 e. The minimum absolute atomic E-state index is 0.283. The smallest absolute Gasteiger partial charge is 0.243 e. The van der Waals surface area contributed by atoms with Gasteiger partial charge in [0.25, 0.3) is 0 Å². The van der Waals surface area contributed by atoms with Gasteiger partial charge in [0.15, 0.2) is 10.3 Å². The maximum Gasteiger partial charge on any atom is 0.243 e. The molecule has 59 heavy (non-hydrogen) atoms. The predicted molar refractivity (Wildman–Crippen MR) is 235 cm³/mol. The van der Waals surface area contributed by atoms with E-state index in [1.807, 2.05) is 59.3 Å². The van der Waals surface area contributed by atoms with Crippen LogP contribution in [-0.2, 0) is 20.0 Å². The highest BCUT2D eigenvalue weighted by Gasteiger charge is 2.31. The van der Waals surface area contributed by atoms with Crippen LogP contribution in [0.1, 0.15) is 0 Å². The highest BCUT2D eigenvalue weighted by atomic mass is 35.5. The molecule has 0 unspecified atom stereocenters. The summed E-state index contributed by atoms with van der Waals surface area (Å²) in [5.41, 5.74) is 3.84. The van der Waals surface area contributed by atoms with Crippen LogP contribution in [0.3, 0.4) is 0 Å². The number of nitrogens with zero attached hydrogens (tertiary/aromatic N) is 6. The fraction of sp³-hybridized carbons (Fsp3) is 0.268. The SMILES string of the molecule is COc1ccc(-c2csc(N3CCN(S(=O)(=O)c4ccc(OC)cc4)CC3)n2)cc1.COc1ccc(S(=O)(=O)N2CCN(c3nc(-c4ccc(Cl)cc4)cs3)CC2)cc1. The number of anilines is 2. The van der Waals surface area contributed by atoms with Crippen LogP contribution in [0, 0.1) is 0 Å². The van der Waals surface area contributed by atoms with Crippen LogP contribution < -0.4 is 24.0 Å². The fourth-order valence-corrected chi connectivity index (χ4v) is 11.2. The van der Waals surface area contributed by atoms with Gasteiger partial charge in [-0.05, 0) is 84.9 Å². The molecule has 0 N–H and O–H groups in total. The second kappa shape index (κ2) is 18.7. The van der Waals surface area contributed by atoms with E-state index in [0.717, 1.165) is 38.5 Å². The van der Waals surface area contributed by atoms with Crippen LogP contribution in [0.2, 0.25) is 5.02 Å². The number of hydrogen-bond donors (Lipinski definition) is 0. The van der Waals surface area contributed by atoms with Gasteiger partial charge in [-0.3, -0.25) is 0 Å². The molecule has 2 aliphatic rings. The quantitative estimate of drug-likeness (QED) is 0.130. The number of methoxy groups -OCH3 is 3. The first-order valence-electron chi connectivity index (χ1n) is 18.6. The highest BCUT2D eigenvalue weighted by Crippen LogP contribution is 2.32. The van der Waals surface area contributed by atoms with E-state index in [2.05, 4.69) is 9.80 Å². The van der Waals surface area contributed by atoms with Gasteiger partial charge >= 0.3 is 0 Å². The first kappa shape index (κ1) is 42.4. The molecule has 2 saturated heterocycles. The molecule has 8 rings (SSSR count). The maximum absolute atomic E-state index is 12.9. The molecule has 18 heteroatoms. The summed E-state index contributed by atoms with van der Waals surface area (Å²) in [6.07, 6.45) is 0. The standard InChI is InChI=1S/C21H23N3O4S2.C20H20ClN3O3S2/c1-27-17-5-3-16(4-6-17)20-15-29-21(22-20)23-11-13-24(14-12-23)30(25,26)19-9-7-18(28-2)8-10-19;1-27-17-6-8-18(9-7-17)29(25,26)24-12-10-23(11-13-24)20-22-19(14-28-20)15-2-4-16(21)5-3-15/h3-10,15H,11-14H2,1-2H3;2-9,14H,10-13H2,1H3. The Morgan fingerprint density at radius 3 is 1.15 bits per heavy atom. The predicted octanol–water partition coefficient (Wildman–Crippen LogP) is 7.32. The van der Waals surface area contributed by atoms with E-state index in [1.54, 1.807) is 92.5 Å². The van der Waals surface area contributed by atoms with Gasteiger partial charge in [-0.15, -0.1) is 22.7 Å². The lowest BCUT2D eigenvalue weighted by molar-refractivity contribution is 0.384. The van der Waals surface area contributed by atoms with Crippen LogP contribution in [0.4, 0.5) is 10.3 Å². The lowest BCUT2D eigenvalue weighted by Gasteiger charge is -2.33. The largest absolute Gasteiger partial charge is 0.497 e. The van der Waals surface area contributed by atoms with E-state index in [1.165, 1.54) is 8.61 Å². The Hall–Kier alpha value is -4.75. The molecule has 0 saturated carbocycles. The first-order chi connectivity index (χ1) is 28.5. The molecule has 2 aliphatic heterocycles. The van der Waals surface area contributed by atoms with Gasteiger partial charge in [0, 0.05) is 79.3 Å². The van der Waals surface area contributed by atoms with Crippen LogP contribution in [-0.4, -0.2) is 109 Å². The molecule has 0 bridgehead atoms. The average Bonchev–Trinajstić information content (AvgIpc) is 3.99. The van der Waals surface area contributed by atoms with Gasteiger partial charge in [-0.2, -0.15) is 8.61 Å². The second-order valence-electron chi connectivity index (χ2n) is 13.4. The maximum atomic E-state index is 12.9. The monoisotopic (exact) mass is 894 g/mol. The number of sulfonamides is 2. The van der Waals surface area contributed by atoms with Crippen LogP contribution in [0.25, 0.3) is 22.5 Å². The molecule has 2 fully saturated rings. The number of aromatic nitrogens is 2. The molecule has 2 aromatic heterocycles. The molecule has 13 nitrogen and oxygen atoms in total. The van der Waals surface area contributed by atoms with Crippen LogP contribution in [0.15, 0.2) is 118 Å². The normalized spacial score (nSPS) is 15.3. The molecular formula is C41H43ClN6O7S4. The summed E-state index contributed by atoms with van der Waals surface area (Å²) >= 11 is 9.09. The summed E-state index contributed by atoms with van der Waals surface area (Å²) < 4.78 is 70.1. The van der Waals surface area contributed by atoms with E-state index < -0.39 is 20.0 Å². The van der Waals surface area contributed by atoms with Gasteiger partial charge < -0.3 is 24.0 Å². The van der Waals surface area contributed by atoms with E-state index in [0.29, 0.717) is 68.9 Å². The topological polar surface area (TPSA) is 135 Å². The molecule has 0 radical (unpaired) electrons. The molecule has 310 valence electrons.